The van der Waals surface area contributed by atoms with Gasteiger partial charge in [0, 0.05) is 0 Å². The van der Waals surface area contributed by atoms with Gasteiger partial charge in [0.1, 0.15) is 5.60 Å². The summed E-state index contributed by atoms with van der Waals surface area (Å²) in [6.07, 6.45) is -1.12. The summed E-state index contributed by atoms with van der Waals surface area (Å²) in [6, 6.07) is 9.51. The molecule has 21 heavy (non-hydrogen) atoms. The molecule has 0 heterocycles. The van der Waals surface area contributed by atoms with E-state index in [1.807, 2.05) is 30.3 Å². The lowest BCUT2D eigenvalue weighted by atomic mass is 10.1. The largest absolute Gasteiger partial charge is 0.479 e. The molecule has 4 N–H and O–H groups in total. The molecular formula is C15H23NO5. The molecule has 6 heteroatoms. The summed E-state index contributed by atoms with van der Waals surface area (Å²) in [6.45, 7) is 5.28. The fourth-order valence-corrected chi connectivity index (χ4v) is 1.37. The zero-order valence-electron chi connectivity index (χ0n) is 12.6. The fraction of sp³-hybridized carbons (Fsp3) is 0.467. The summed E-state index contributed by atoms with van der Waals surface area (Å²) in [4.78, 5) is 20.3. The number of hydrogen-bond acceptors (Lipinski definition) is 4. The molecule has 0 aliphatic rings. The molecule has 6 nitrogen and oxygen atoms in total. The van der Waals surface area contributed by atoms with Crippen LogP contribution in [0.1, 0.15) is 32.8 Å². The first-order valence-electron chi connectivity index (χ1n) is 6.55. The Labute approximate surface area is 124 Å². The van der Waals surface area contributed by atoms with E-state index in [1.54, 1.807) is 20.8 Å². The first-order valence-corrected chi connectivity index (χ1v) is 6.55. The van der Waals surface area contributed by atoms with Gasteiger partial charge >= 0.3 is 12.1 Å². The predicted molar refractivity (Wildman–Crippen MR) is 78.8 cm³/mol. The van der Waals surface area contributed by atoms with Crippen LogP contribution in [0.25, 0.3) is 0 Å². The molecule has 0 aromatic heterocycles. The molecule has 118 valence electrons. The first kappa shape index (κ1) is 18.9. The average molecular weight is 297 g/mol. The number of aryl methyl sites for hydroxylation is 1. The number of carboxylic acid groups (broad SMARTS) is 1. The van der Waals surface area contributed by atoms with Crippen molar-refractivity contribution < 1.29 is 24.5 Å². The van der Waals surface area contributed by atoms with Crippen LogP contribution in [0, 0.1) is 0 Å². The van der Waals surface area contributed by atoms with E-state index in [-0.39, 0.29) is 6.42 Å². The van der Waals surface area contributed by atoms with Crippen molar-refractivity contribution in [2.24, 2.45) is 5.73 Å². The maximum Gasteiger partial charge on any atom is 0.405 e. The highest BCUT2D eigenvalue weighted by Gasteiger charge is 2.12. The smallest absolute Gasteiger partial charge is 0.405 e. The van der Waals surface area contributed by atoms with Crippen molar-refractivity contribution in [2.45, 2.75) is 45.3 Å². The second-order valence-electron chi connectivity index (χ2n) is 5.41. The van der Waals surface area contributed by atoms with Crippen molar-refractivity contribution in [3.63, 3.8) is 0 Å². The van der Waals surface area contributed by atoms with Crippen molar-refractivity contribution >= 4 is 12.1 Å². The number of rotatable bonds is 4. The standard InChI is InChI=1S/C10H12O3.C5H11NO2/c11-9(10(12)13)7-6-8-4-2-1-3-5-8;1-5(2,3)8-4(6)7/h1-5,9,11H,6-7H2,(H,12,13);1-3H3,(H2,6,7). The van der Waals surface area contributed by atoms with Crippen molar-refractivity contribution in [3.8, 4) is 0 Å². The molecule has 0 fully saturated rings. The van der Waals surface area contributed by atoms with Crippen LogP contribution in [0.2, 0.25) is 0 Å². The number of aliphatic hydroxyl groups is 1. The van der Waals surface area contributed by atoms with Crippen LogP contribution in [-0.4, -0.2) is 34.0 Å². The van der Waals surface area contributed by atoms with E-state index in [2.05, 4.69) is 4.74 Å². The number of benzene rings is 1. The van der Waals surface area contributed by atoms with Gasteiger partial charge in [-0.05, 0) is 39.2 Å². The minimum atomic E-state index is -1.25. The van der Waals surface area contributed by atoms with E-state index >= 15 is 0 Å². The molecule has 1 atom stereocenters. The Morgan fingerprint density at radius 1 is 1.24 bits per heavy atom. The van der Waals surface area contributed by atoms with Gasteiger partial charge in [-0.15, -0.1) is 0 Å². The molecule has 0 radical (unpaired) electrons. The van der Waals surface area contributed by atoms with Gasteiger partial charge in [0.15, 0.2) is 6.10 Å². The van der Waals surface area contributed by atoms with Gasteiger partial charge < -0.3 is 20.7 Å². The number of primary amides is 1. The number of carbonyl (C=O) groups excluding carboxylic acids is 1. The molecule has 1 amide bonds. The van der Waals surface area contributed by atoms with E-state index in [0.717, 1.165) is 5.56 Å². The van der Waals surface area contributed by atoms with Crippen LogP contribution < -0.4 is 5.73 Å². The van der Waals surface area contributed by atoms with E-state index in [1.165, 1.54) is 0 Å². The normalized spacial score (nSPS) is 11.8. The zero-order chi connectivity index (χ0) is 16.5. The Hall–Kier alpha value is -2.08. The SMILES string of the molecule is CC(C)(C)OC(N)=O.O=C(O)C(O)CCc1ccccc1. The van der Waals surface area contributed by atoms with Crippen LogP contribution in [-0.2, 0) is 16.0 Å². The van der Waals surface area contributed by atoms with Crippen molar-refractivity contribution in [3.05, 3.63) is 35.9 Å². The molecule has 0 saturated carbocycles. The molecule has 0 spiro atoms. The van der Waals surface area contributed by atoms with Gasteiger partial charge in [-0.1, -0.05) is 30.3 Å². The lowest BCUT2D eigenvalue weighted by Crippen LogP contribution is -2.27. The Kier molecular flexibility index (Phi) is 8.08. The third kappa shape index (κ3) is 11.4. The van der Waals surface area contributed by atoms with Gasteiger partial charge in [-0.2, -0.15) is 0 Å². The van der Waals surface area contributed by atoms with E-state index in [0.29, 0.717) is 6.42 Å². The number of hydrogen-bond donors (Lipinski definition) is 3. The third-order valence-electron chi connectivity index (χ3n) is 2.24. The molecule has 0 aliphatic heterocycles. The van der Waals surface area contributed by atoms with E-state index in [9.17, 15) is 9.59 Å². The molecular weight excluding hydrogens is 274 g/mol. The zero-order valence-corrected chi connectivity index (χ0v) is 12.6. The van der Waals surface area contributed by atoms with Crippen LogP contribution >= 0.6 is 0 Å². The number of ether oxygens (including phenoxy) is 1. The lowest BCUT2D eigenvalue weighted by Gasteiger charge is -2.16. The highest BCUT2D eigenvalue weighted by Crippen LogP contribution is 2.05. The van der Waals surface area contributed by atoms with Crippen LogP contribution in [0.4, 0.5) is 4.79 Å². The van der Waals surface area contributed by atoms with Gasteiger partial charge in [0.2, 0.25) is 0 Å². The highest BCUT2D eigenvalue weighted by molar-refractivity contribution is 5.71. The summed E-state index contributed by atoms with van der Waals surface area (Å²) in [5, 5.41) is 17.4. The molecule has 1 rings (SSSR count). The molecule has 0 aliphatic carbocycles. The fourth-order valence-electron chi connectivity index (χ4n) is 1.37. The van der Waals surface area contributed by atoms with Crippen molar-refractivity contribution in [1.82, 2.24) is 0 Å². The number of carboxylic acids is 1. The van der Waals surface area contributed by atoms with Crippen LogP contribution in [0.3, 0.4) is 0 Å². The summed E-state index contributed by atoms with van der Waals surface area (Å²) < 4.78 is 4.58. The monoisotopic (exact) mass is 297 g/mol. The van der Waals surface area contributed by atoms with Gasteiger partial charge in [0.05, 0.1) is 0 Å². The Bertz CT molecular complexity index is 439. The summed E-state index contributed by atoms with van der Waals surface area (Å²) >= 11 is 0. The molecule has 1 aromatic carbocycles. The number of amides is 1. The maximum absolute atomic E-state index is 10.3. The van der Waals surface area contributed by atoms with Gasteiger partial charge in [-0.25, -0.2) is 9.59 Å². The molecule has 1 unspecified atom stereocenters. The highest BCUT2D eigenvalue weighted by atomic mass is 16.6. The summed E-state index contributed by atoms with van der Waals surface area (Å²) in [5.74, 6) is -1.16. The first-order chi connectivity index (χ1) is 9.61. The quantitative estimate of drug-likeness (QED) is 0.786. The lowest BCUT2D eigenvalue weighted by molar-refractivity contribution is -0.146. The van der Waals surface area contributed by atoms with E-state index < -0.39 is 23.8 Å². The molecule has 0 saturated heterocycles. The summed E-state index contributed by atoms with van der Waals surface area (Å²) in [5.41, 5.74) is 5.31. The number of nitrogens with two attached hydrogens (primary N) is 1. The van der Waals surface area contributed by atoms with Crippen LogP contribution in [0.15, 0.2) is 30.3 Å². The van der Waals surface area contributed by atoms with Gasteiger partial charge in [-0.3, -0.25) is 0 Å². The Morgan fingerprint density at radius 2 is 1.76 bits per heavy atom. The number of aliphatic carboxylic acids is 1. The second-order valence-corrected chi connectivity index (χ2v) is 5.41. The minimum Gasteiger partial charge on any atom is -0.479 e. The third-order valence-corrected chi connectivity index (χ3v) is 2.24. The predicted octanol–water partition coefficient (Wildman–Crippen LogP) is 1.94. The van der Waals surface area contributed by atoms with Crippen LogP contribution in [0.5, 0.6) is 0 Å². The summed E-state index contributed by atoms with van der Waals surface area (Å²) in [7, 11) is 0. The van der Waals surface area contributed by atoms with E-state index in [4.69, 9.17) is 15.9 Å². The Balaban J connectivity index is 0.000000433. The van der Waals surface area contributed by atoms with Gasteiger partial charge in [0.25, 0.3) is 0 Å². The van der Waals surface area contributed by atoms with Crippen molar-refractivity contribution in [2.75, 3.05) is 0 Å². The average Bonchev–Trinajstić information content (AvgIpc) is 2.34. The second kappa shape index (κ2) is 8.97. The minimum absolute atomic E-state index is 0.263. The van der Waals surface area contributed by atoms with Crippen molar-refractivity contribution in [1.29, 1.82) is 0 Å². The molecule has 0 bridgehead atoms. The Morgan fingerprint density at radius 3 is 2.10 bits per heavy atom. The molecule has 1 aromatic rings. The number of carbonyl (C=O) groups is 2. The maximum atomic E-state index is 10.3. The topological polar surface area (TPSA) is 110 Å². The number of aliphatic hydroxyl groups excluding tert-OH is 1.